The summed E-state index contributed by atoms with van der Waals surface area (Å²) in [5, 5.41) is 10.3. The van der Waals surface area contributed by atoms with Crippen molar-refractivity contribution < 1.29 is 0 Å². The zero-order valence-electron chi connectivity index (χ0n) is 13.3. The molecule has 4 rings (SSSR count). The quantitative estimate of drug-likeness (QED) is 0.699. The predicted octanol–water partition coefficient (Wildman–Crippen LogP) is 4.78. The van der Waals surface area contributed by atoms with E-state index >= 15 is 0 Å². The van der Waals surface area contributed by atoms with Crippen LogP contribution in [0.4, 0.5) is 5.82 Å². The van der Waals surface area contributed by atoms with Gasteiger partial charge in [0.1, 0.15) is 5.52 Å². The Morgan fingerprint density at radius 3 is 3.00 bits per heavy atom. The molecule has 0 spiro atoms. The number of anilines is 1. The van der Waals surface area contributed by atoms with Gasteiger partial charge < -0.3 is 4.90 Å². The van der Waals surface area contributed by atoms with E-state index in [0.29, 0.717) is 0 Å². The lowest BCUT2D eigenvalue weighted by molar-refractivity contribution is 0.437. The lowest BCUT2D eigenvalue weighted by atomic mass is 9.98. The number of hydrogen-bond donors (Lipinski definition) is 1. The van der Waals surface area contributed by atoms with E-state index in [4.69, 9.17) is 16.6 Å². The summed E-state index contributed by atoms with van der Waals surface area (Å²) in [4.78, 5) is 7.35. The predicted molar refractivity (Wildman–Crippen MR) is 96.2 cm³/mol. The molecule has 1 fully saturated rings. The van der Waals surface area contributed by atoms with Crippen LogP contribution in [0.5, 0.6) is 0 Å². The van der Waals surface area contributed by atoms with E-state index in [1.165, 1.54) is 25.7 Å². The van der Waals surface area contributed by atoms with Crippen LogP contribution in [0.25, 0.3) is 21.8 Å². The van der Waals surface area contributed by atoms with Gasteiger partial charge in [-0.2, -0.15) is 5.10 Å². The third kappa shape index (κ3) is 2.76. The molecule has 1 unspecified atom stereocenters. The summed E-state index contributed by atoms with van der Waals surface area (Å²) >= 11 is 6.16. The molecular weight excluding hydrogens is 308 g/mol. The number of fused-ring (bicyclic) bond motifs is 3. The molecule has 1 saturated heterocycles. The normalized spacial score (nSPS) is 19.9. The molecule has 0 amide bonds. The summed E-state index contributed by atoms with van der Waals surface area (Å²) in [5.41, 5.74) is 2.00. The zero-order valence-corrected chi connectivity index (χ0v) is 14.1. The fourth-order valence-corrected chi connectivity index (χ4v) is 3.69. The van der Waals surface area contributed by atoms with Gasteiger partial charge in [0, 0.05) is 28.9 Å². The smallest absolute Gasteiger partial charge is 0.155 e. The molecule has 3 aromatic rings. The second kappa shape index (κ2) is 6.00. The number of nitrogens with zero attached hydrogens (tertiary/aromatic N) is 3. The molecule has 3 heterocycles. The Kier molecular flexibility index (Phi) is 3.85. The fraction of sp³-hybridized carbons (Fsp3) is 0.444. The molecule has 1 atom stereocenters. The van der Waals surface area contributed by atoms with Crippen LogP contribution in [-0.2, 0) is 0 Å². The van der Waals surface area contributed by atoms with E-state index in [0.717, 1.165) is 51.7 Å². The van der Waals surface area contributed by atoms with Crippen LogP contribution >= 0.6 is 11.6 Å². The third-order valence-electron chi connectivity index (χ3n) is 4.90. The van der Waals surface area contributed by atoms with Crippen molar-refractivity contribution in [1.29, 1.82) is 0 Å². The number of H-pyrrole nitrogens is 1. The van der Waals surface area contributed by atoms with Gasteiger partial charge in [0.25, 0.3) is 0 Å². The molecule has 120 valence electrons. The highest BCUT2D eigenvalue weighted by atomic mass is 35.5. The van der Waals surface area contributed by atoms with Crippen molar-refractivity contribution in [3.63, 3.8) is 0 Å². The third-order valence-corrected chi connectivity index (χ3v) is 5.14. The molecule has 1 aromatic carbocycles. The van der Waals surface area contributed by atoms with Crippen LogP contribution in [0, 0.1) is 5.92 Å². The summed E-state index contributed by atoms with van der Waals surface area (Å²) in [7, 11) is 0. The van der Waals surface area contributed by atoms with Gasteiger partial charge in [0.15, 0.2) is 5.82 Å². The summed E-state index contributed by atoms with van der Waals surface area (Å²) in [6, 6.07) is 5.88. The number of benzene rings is 1. The number of rotatable bonds is 1. The average Bonchev–Trinajstić information content (AvgIpc) is 3.01. The topological polar surface area (TPSA) is 44.8 Å². The van der Waals surface area contributed by atoms with Gasteiger partial charge in [-0.3, -0.25) is 5.10 Å². The second-order valence-corrected chi connectivity index (χ2v) is 7.07. The van der Waals surface area contributed by atoms with Crippen molar-refractivity contribution in [3.8, 4) is 0 Å². The Morgan fingerprint density at radius 1 is 1.17 bits per heavy atom. The first-order valence-electron chi connectivity index (χ1n) is 8.39. The van der Waals surface area contributed by atoms with Gasteiger partial charge >= 0.3 is 0 Å². The molecule has 2 aromatic heterocycles. The van der Waals surface area contributed by atoms with Gasteiger partial charge in [0.05, 0.1) is 11.7 Å². The van der Waals surface area contributed by atoms with Crippen molar-refractivity contribution in [2.24, 2.45) is 5.92 Å². The highest BCUT2D eigenvalue weighted by Crippen LogP contribution is 2.32. The summed E-state index contributed by atoms with van der Waals surface area (Å²) < 4.78 is 0. The molecular formula is C18H21ClN4. The molecule has 0 saturated carbocycles. The highest BCUT2D eigenvalue weighted by molar-refractivity contribution is 6.31. The fourth-order valence-electron chi connectivity index (χ4n) is 3.52. The first-order chi connectivity index (χ1) is 11.2. The lowest BCUT2D eigenvalue weighted by Gasteiger charge is -2.28. The van der Waals surface area contributed by atoms with Crippen LogP contribution in [0.1, 0.15) is 32.6 Å². The molecule has 23 heavy (non-hydrogen) atoms. The molecule has 0 bridgehead atoms. The number of hydrogen-bond acceptors (Lipinski definition) is 3. The van der Waals surface area contributed by atoms with E-state index in [1.807, 2.05) is 24.4 Å². The van der Waals surface area contributed by atoms with Crippen LogP contribution in [0.3, 0.4) is 0 Å². The minimum Gasteiger partial charge on any atom is -0.355 e. The van der Waals surface area contributed by atoms with Crippen molar-refractivity contribution in [2.45, 2.75) is 32.6 Å². The second-order valence-electron chi connectivity index (χ2n) is 6.63. The molecule has 0 aliphatic carbocycles. The Labute approximate surface area is 140 Å². The molecule has 1 aliphatic rings. The molecule has 1 N–H and O–H groups in total. The first-order valence-corrected chi connectivity index (χ1v) is 8.77. The number of nitrogens with one attached hydrogen (secondary N) is 1. The standard InChI is InChI=1S/C18H21ClN4/c1-12-4-2-3-8-23(9-7-12)18-17-15(11-20-22-17)14-10-13(19)5-6-16(14)21-18/h5-6,10-12H,2-4,7-9H2,1H3,(H,20,22). The Balaban J connectivity index is 1.84. The van der Waals surface area contributed by atoms with E-state index < -0.39 is 0 Å². The largest absolute Gasteiger partial charge is 0.355 e. The van der Waals surface area contributed by atoms with Crippen molar-refractivity contribution in [1.82, 2.24) is 15.2 Å². The number of pyridine rings is 1. The number of aromatic nitrogens is 3. The minimum atomic E-state index is 0.731. The van der Waals surface area contributed by atoms with Crippen LogP contribution in [0.2, 0.25) is 5.02 Å². The Morgan fingerprint density at radius 2 is 2.09 bits per heavy atom. The summed E-state index contributed by atoms with van der Waals surface area (Å²) in [6.07, 6.45) is 6.96. The summed E-state index contributed by atoms with van der Waals surface area (Å²) in [5.74, 6) is 1.82. The van der Waals surface area contributed by atoms with Crippen LogP contribution in [0.15, 0.2) is 24.4 Å². The SMILES string of the molecule is CC1CCCCN(c2nc3ccc(Cl)cc3c3cn[nH]c23)CC1. The van der Waals surface area contributed by atoms with Crippen molar-refractivity contribution >= 4 is 39.2 Å². The first kappa shape index (κ1) is 14.8. The molecule has 4 nitrogen and oxygen atoms in total. The van der Waals surface area contributed by atoms with Crippen molar-refractivity contribution in [3.05, 3.63) is 29.4 Å². The lowest BCUT2D eigenvalue weighted by Crippen LogP contribution is -2.29. The van der Waals surface area contributed by atoms with E-state index in [9.17, 15) is 0 Å². The molecule has 5 heteroatoms. The van der Waals surface area contributed by atoms with Gasteiger partial charge in [-0.05, 0) is 37.0 Å². The summed E-state index contributed by atoms with van der Waals surface area (Å²) in [6.45, 7) is 4.47. The highest BCUT2D eigenvalue weighted by Gasteiger charge is 2.18. The maximum Gasteiger partial charge on any atom is 0.155 e. The van der Waals surface area contributed by atoms with Crippen LogP contribution < -0.4 is 4.90 Å². The van der Waals surface area contributed by atoms with Gasteiger partial charge in [-0.25, -0.2) is 4.98 Å². The number of halogens is 1. The Bertz CT molecular complexity index is 842. The Hall–Kier alpha value is -1.81. The van der Waals surface area contributed by atoms with E-state index in [1.54, 1.807) is 0 Å². The van der Waals surface area contributed by atoms with E-state index in [-0.39, 0.29) is 0 Å². The monoisotopic (exact) mass is 328 g/mol. The zero-order chi connectivity index (χ0) is 15.8. The van der Waals surface area contributed by atoms with Gasteiger partial charge in [-0.15, -0.1) is 0 Å². The van der Waals surface area contributed by atoms with Crippen LogP contribution in [-0.4, -0.2) is 28.3 Å². The maximum atomic E-state index is 6.16. The maximum absolute atomic E-state index is 6.16. The van der Waals surface area contributed by atoms with Gasteiger partial charge in [-0.1, -0.05) is 31.4 Å². The van der Waals surface area contributed by atoms with E-state index in [2.05, 4.69) is 22.0 Å². The van der Waals surface area contributed by atoms with Gasteiger partial charge in [0.2, 0.25) is 0 Å². The molecule has 1 aliphatic heterocycles. The molecule has 0 radical (unpaired) electrons. The minimum absolute atomic E-state index is 0.731. The van der Waals surface area contributed by atoms with Crippen molar-refractivity contribution in [2.75, 3.05) is 18.0 Å². The average molecular weight is 329 g/mol. The number of aromatic amines is 1.